The van der Waals surface area contributed by atoms with Gasteiger partial charge in [0.05, 0.1) is 5.39 Å². The summed E-state index contributed by atoms with van der Waals surface area (Å²) in [5, 5.41) is -1.23. The predicted octanol–water partition coefficient (Wildman–Crippen LogP) is 11.6. The van der Waals surface area contributed by atoms with Crippen LogP contribution in [0.5, 0.6) is 5.75 Å². The lowest BCUT2D eigenvalue weighted by Crippen LogP contribution is -2.26. The molecule has 11 heteroatoms. The van der Waals surface area contributed by atoms with Gasteiger partial charge in [0.1, 0.15) is 34.3 Å². The molecule has 2 aliphatic carbocycles. The Balaban J connectivity index is 1.35. The highest BCUT2D eigenvalue weighted by Crippen LogP contribution is 2.46. The van der Waals surface area contributed by atoms with Crippen molar-refractivity contribution < 1.29 is 48.6 Å². The molecule has 240 valence electrons. The van der Waals surface area contributed by atoms with E-state index in [1.54, 1.807) is 0 Å². The van der Waals surface area contributed by atoms with Crippen LogP contribution in [0.3, 0.4) is 0 Å². The molecule has 0 radical (unpaired) electrons. The first-order valence-electron chi connectivity index (χ1n) is 14.9. The van der Waals surface area contributed by atoms with Gasteiger partial charge in [-0.1, -0.05) is 38.7 Å². The molecule has 0 atom stereocenters. The summed E-state index contributed by atoms with van der Waals surface area (Å²) in [6.45, 7) is 2.19. The molecule has 44 heavy (non-hydrogen) atoms. The van der Waals surface area contributed by atoms with Crippen LogP contribution in [0.25, 0.3) is 10.8 Å². The van der Waals surface area contributed by atoms with Crippen molar-refractivity contribution in [3.8, 4) is 5.75 Å². The Bertz CT molecular complexity index is 1480. The Morgan fingerprint density at radius 2 is 1.27 bits per heavy atom. The van der Waals surface area contributed by atoms with Crippen molar-refractivity contribution in [1.29, 1.82) is 0 Å². The molecule has 0 aromatic heterocycles. The van der Waals surface area contributed by atoms with Gasteiger partial charge in [-0.3, -0.25) is 0 Å². The van der Waals surface area contributed by atoms with E-state index in [0.29, 0.717) is 30.7 Å². The lowest BCUT2D eigenvalue weighted by molar-refractivity contribution is -0.187. The fraction of sp³-hybridized carbons (Fsp3) is 0.515. The van der Waals surface area contributed by atoms with E-state index in [9.17, 15) is 30.7 Å². The minimum absolute atomic E-state index is 0.0472. The maximum atomic E-state index is 15.3. The number of halogens is 10. The molecule has 0 unspecified atom stereocenters. The van der Waals surface area contributed by atoms with Gasteiger partial charge >= 0.3 is 12.3 Å². The molecule has 0 N–H and O–H groups in total. The molecule has 5 rings (SSSR count). The zero-order chi connectivity index (χ0) is 32.0. The SMILES string of the molecule is CCCC1CCC(C2CCC(c3cc4ccc(C(F)(F)Oc5cc(F)c(C(F)(F)F)c(F)c5)c(F)c4c(F)c3F)CC2)CC1. The molecule has 1 nitrogen and oxygen atoms in total. The maximum Gasteiger partial charge on any atom is 0.429 e. The van der Waals surface area contributed by atoms with Gasteiger partial charge in [0.2, 0.25) is 0 Å². The molecule has 2 aliphatic rings. The van der Waals surface area contributed by atoms with Gasteiger partial charge in [0.25, 0.3) is 0 Å². The monoisotopic (exact) mass is 634 g/mol. The number of benzene rings is 3. The first-order chi connectivity index (χ1) is 20.7. The van der Waals surface area contributed by atoms with Crippen LogP contribution in [-0.4, -0.2) is 0 Å². The molecular weight excluding hydrogens is 602 g/mol. The van der Waals surface area contributed by atoms with Gasteiger partial charge in [-0.25, -0.2) is 22.0 Å². The van der Waals surface area contributed by atoms with Crippen LogP contribution in [0, 0.1) is 46.8 Å². The Morgan fingerprint density at radius 3 is 1.82 bits per heavy atom. The van der Waals surface area contributed by atoms with E-state index >= 15 is 13.2 Å². The number of hydrogen-bond acceptors (Lipinski definition) is 1. The Labute approximate surface area is 248 Å². The van der Waals surface area contributed by atoms with Crippen LogP contribution in [0.1, 0.15) is 93.7 Å². The normalized spacial score (nSPS) is 23.2. The molecule has 0 bridgehead atoms. The summed E-state index contributed by atoms with van der Waals surface area (Å²) in [6, 6.07) is 2.50. The highest BCUT2D eigenvalue weighted by Gasteiger charge is 2.42. The molecule has 0 spiro atoms. The summed E-state index contributed by atoms with van der Waals surface area (Å²) < 4.78 is 146. The number of alkyl halides is 5. The Kier molecular flexibility index (Phi) is 9.16. The average Bonchev–Trinajstić information content (AvgIpc) is 2.94. The Hall–Kier alpha value is -2.98. The highest BCUT2D eigenvalue weighted by molar-refractivity contribution is 5.85. The second-order valence-corrected chi connectivity index (χ2v) is 12.2. The summed E-state index contributed by atoms with van der Waals surface area (Å²) in [7, 11) is 0. The summed E-state index contributed by atoms with van der Waals surface area (Å²) in [4.78, 5) is 0. The van der Waals surface area contributed by atoms with Crippen molar-refractivity contribution >= 4 is 10.8 Å². The van der Waals surface area contributed by atoms with E-state index in [0.717, 1.165) is 24.8 Å². The largest absolute Gasteiger partial charge is 0.429 e. The molecule has 2 saturated carbocycles. The summed E-state index contributed by atoms with van der Waals surface area (Å²) in [6.07, 6.45) is 0.0112. The van der Waals surface area contributed by atoms with E-state index in [-0.39, 0.29) is 29.0 Å². The number of rotatable bonds is 7. The van der Waals surface area contributed by atoms with E-state index in [4.69, 9.17) is 0 Å². The van der Waals surface area contributed by atoms with Crippen LogP contribution in [0.2, 0.25) is 0 Å². The number of ether oxygens (including phenoxy) is 1. The molecule has 0 amide bonds. The lowest BCUT2D eigenvalue weighted by Gasteiger charge is -2.38. The van der Waals surface area contributed by atoms with Gasteiger partial charge in [0.15, 0.2) is 11.6 Å². The number of fused-ring (bicyclic) bond motifs is 1. The van der Waals surface area contributed by atoms with Gasteiger partial charge in [-0.2, -0.15) is 22.0 Å². The van der Waals surface area contributed by atoms with E-state index in [2.05, 4.69) is 11.7 Å². The van der Waals surface area contributed by atoms with E-state index in [1.807, 2.05) is 0 Å². The van der Waals surface area contributed by atoms with E-state index in [1.165, 1.54) is 44.6 Å². The molecule has 2 fully saturated rings. The van der Waals surface area contributed by atoms with Gasteiger partial charge < -0.3 is 4.74 Å². The minimum Gasteiger partial charge on any atom is -0.429 e. The zero-order valence-corrected chi connectivity index (χ0v) is 24.0. The van der Waals surface area contributed by atoms with Crippen LogP contribution >= 0.6 is 0 Å². The molecule has 3 aromatic rings. The standard InChI is InChI=1S/C33H32F10O/c1-2-3-17-4-6-18(7-5-17)19-8-10-20(11-9-19)23-14-21-12-13-24(30(37)27(21)31(38)29(23)36)33(42,43)44-22-15-25(34)28(26(35)16-22)32(39,40)41/h12-20H,2-11H2,1H3. The van der Waals surface area contributed by atoms with Gasteiger partial charge in [-0.05, 0) is 85.3 Å². The summed E-state index contributed by atoms with van der Waals surface area (Å²) in [5.41, 5.74) is -3.86. The van der Waals surface area contributed by atoms with Crippen molar-refractivity contribution in [2.75, 3.05) is 0 Å². The smallest absolute Gasteiger partial charge is 0.429 e. The van der Waals surface area contributed by atoms with Crippen molar-refractivity contribution in [2.45, 2.75) is 89.3 Å². The lowest BCUT2D eigenvalue weighted by atomic mass is 9.68. The number of hydrogen-bond donors (Lipinski definition) is 0. The van der Waals surface area contributed by atoms with Gasteiger partial charge in [-0.15, -0.1) is 0 Å². The highest BCUT2D eigenvalue weighted by atomic mass is 19.4. The second-order valence-electron chi connectivity index (χ2n) is 12.2. The molecule has 0 aliphatic heterocycles. The first kappa shape index (κ1) is 32.4. The fourth-order valence-corrected chi connectivity index (χ4v) is 7.26. The van der Waals surface area contributed by atoms with Crippen LogP contribution in [0.15, 0.2) is 30.3 Å². The summed E-state index contributed by atoms with van der Waals surface area (Å²) >= 11 is 0. The van der Waals surface area contributed by atoms with Gasteiger partial charge in [0, 0.05) is 12.1 Å². The van der Waals surface area contributed by atoms with Crippen molar-refractivity contribution in [2.24, 2.45) is 17.8 Å². The minimum atomic E-state index is -5.45. The molecule has 0 saturated heterocycles. The van der Waals surface area contributed by atoms with Crippen molar-refractivity contribution in [3.63, 3.8) is 0 Å². The second kappa shape index (κ2) is 12.4. The molecule has 0 heterocycles. The van der Waals surface area contributed by atoms with Crippen molar-refractivity contribution in [1.82, 2.24) is 0 Å². The molecular formula is C33H32F10O. The van der Waals surface area contributed by atoms with Crippen LogP contribution in [-0.2, 0) is 12.3 Å². The predicted molar refractivity (Wildman–Crippen MR) is 145 cm³/mol. The fourth-order valence-electron chi connectivity index (χ4n) is 7.26. The Morgan fingerprint density at radius 1 is 0.705 bits per heavy atom. The van der Waals surface area contributed by atoms with Crippen LogP contribution in [0.4, 0.5) is 43.9 Å². The van der Waals surface area contributed by atoms with Crippen LogP contribution < -0.4 is 4.74 Å². The van der Waals surface area contributed by atoms with E-state index < -0.39 is 63.6 Å². The third-order valence-corrected chi connectivity index (χ3v) is 9.48. The summed E-state index contributed by atoms with van der Waals surface area (Å²) in [5.74, 6) is -9.10. The average molecular weight is 635 g/mol. The molecule has 3 aromatic carbocycles. The zero-order valence-electron chi connectivity index (χ0n) is 24.0. The maximum absolute atomic E-state index is 15.3. The third kappa shape index (κ3) is 6.38. The van der Waals surface area contributed by atoms with Crippen molar-refractivity contribution in [3.05, 3.63) is 76.1 Å². The first-order valence-corrected chi connectivity index (χ1v) is 14.9. The topological polar surface area (TPSA) is 9.23 Å². The quantitative estimate of drug-likeness (QED) is 0.235. The third-order valence-electron chi connectivity index (χ3n) is 9.48.